The molecule has 6 heteroatoms. The third kappa shape index (κ3) is 2.95. The number of anilines is 1. The van der Waals surface area contributed by atoms with E-state index < -0.39 is 12.1 Å². The first-order valence-electron chi connectivity index (χ1n) is 7.02. The van der Waals surface area contributed by atoms with Crippen LogP contribution in [0, 0.1) is 0 Å². The molecule has 0 unspecified atom stereocenters. The molecule has 0 saturated carbocycles. The summed E-state index contributed by atoms with van der Waals surface area (Å²) in [4.78, 5) is 26.8. The van der Waals surface area contributed by atoms with Gasteiger partial charge in [-0.1, -0.05) is 0 Å². The molecule has 6 nitrogen and oxygen atoms in total. The van der Waals surface area contributed by atoms with Crippen molar-refractivity contribution >= 4 is 17.9 Å². The summed E-state index contributed by atoms with van der Waals surface area (Å²) in [5, 5.41) is 2.59. The highest BCUT2D eigenvalue weighted by atomic mass is 16.5. The van der Waals surface area contributed by atoms with E-state index >= 15 is 0 Å². The minimum atomic E-state index is -0.573. The van der Waals surface area contributed by atoms with Gasteiger partial charge in [-0.2, -0.15) is 0 Å². The summed E-state index contributed by atoms with van der Waals surface area (Å²) in [6, 6.07) is 0. The number of hydrogen-bond donors (Lipinski definition) is 2. The number of H-pyrrole nitrogens is 1. The molecule has 0 radical (unpaired) electrons. The molecule has 2 rings (SSSR count). The molecule has 0 fully saturated rings. The van der Waals surface area contributed by atoms with Gasteiger partial charge in [0.05, 0.1) is 13.2 Å². The summed E-state index contributed by atoms with van der Waals surface area (Å²) in [7, 11) is 0. The lowest BCUT2D eigenvalue weighted by Gasteiger charge is -2.12. The largest absolute Gasteiger partial charge is 0.462 e. The molecule has 1 aliphatic rings. The molecule has 1 amide bonds. The molecular weight excluding hydrogens is 260 g/mol. The van der Waals surface area contributed by atoms with Crippen molar-refractivity contribution in [1.82, 2.24) is 4.98 Å². The third-order valence-electron chi connectivity index (χ3n) is 3.28. The molecule has 0 aromatic carbocycles. The van der Waals surface area contributed by atoms with Gasteiger partial charge in [0, 0.05) is 5.69 Å². The van der Waals surface area contributed by atoms with Crippen molar-refractivity contribution in [2.75, 3.05) is 18.5 Å². The van der Waals surface area contributed by atoms with Crippen molar-refractivity contribution in [2.45, 2.75) is 39.5 Å². The third-order valence-corrected chi connectivity index (χ3v) is 3.28. The van der Waals surface area contributed by atoms with Crippen molar-refractivity contribution in [3.05, 3.63) is 16.8 Å². The van der Waals surface area contributed by atoms with Gasteiger partial charge in [-0.05, 0) is 45.1 Å². The molecular formula is C14H20N2O4. The number of aryl methyl sites for hydroxylation is 1. The average molecular weight is 280 g/mol. The number of aromatic amines is 1. The van der Waals surface area contributed by atoms with Gasteiger partial charge in [-0.3, -0.25) is 5.32 Å². The van der Waals surface area contributed by atoms with Crippen molar-refractivity contribution in [2.24, 2.45) is 0 Å². The lowest BCUT2D eigenvalue weighted by Crippen LogP contribution is -2.17. The highest BCUT2D eigenvalue weighted by molar-refractivity contribution is 6.00. The summed E-state index contributed by atoms with van der Waals surface area (Å²) in [6.45, 7) is 4.07. The summed E-state index contributed by atoms with van der Waals surface area (Å²) < 4.78 is 9.93. The predicted molar refractivity (Wildman–Crippen MR) is 74.0 cm³/mol. The van der Waals surface area contributed by atoms with Crippen molar-refractivity contribution in [1.29, 1.82) is 0 Å². The summed E-state index contributed by atoms with van der Waals surface area (Å²) in [5.74, 6) is -0.0208. The van der Waals surface area contributed by atoms with E-state index in [9.17, 15) is 9.59 Å². The van der Waals surface area contributed by atoms with E-state index in [0.29, 0.717) is 18.0 Å². The second kappa shape index (κ2) is 6.45. The molecule has 0 atom stereocenters. The van der Waals surface area contributed by atoms with Crippen LogP contribution in [0.5, 0.6) is 0 Å². The number of amides is 1. The number of hydrogen-bond acceptors (Lipinski definition) is 4. The molecule has 1 aromatic rings. The molecule has 20 heavy (non-hydrogen) atoms. The van der Waals surface area contributed by atoms with E-state index in [4.69, 9.17) is 9.47 Å². The van der Waals surface area contributed by atoms with Gasteiger partial charge < -0.3 is 14.5 Å². The van der Waals surface area contributed by atoms with Crippen molar-refractivity contribution in [3.63, 3.8) is 0 Å². The molecule has 110 valence electrons. The minimum absolute atomic E-state index is 0.279. The first-order chi connectivity index (χ1) is 9.67. The van der Waals surface area contributed by atoms with Crippen LogP contribution in [0.1, 0.15) is 48.3 Å². The summed E-state index contributed by atoms with van der Waals surface area (Å²) >= 11 is 0. The lowest BCUT2D eigenvalue weighted by molar-refractivity contribution is 0.0526. The van der Waals surface area contributed by atoms with Crippen LogP contribution in [-0.4, -0.2) is 30.3 Å². The highest BCUT2D eigenvalue weighted by Crippen LogP contribution is 2.30. The fraction of sp³-hybridized carbons (Fsp3) is 0.571. The van der Waals surface area contributed by atoms with Gasteiger partial charge in [0.25, 0.3) is 0 Å². The van der Waals surface area contributed by atoms with Crippen LogP contribution in [0.3, 0.4) is 0 Å². The van der Waals surface area contributed by atoms with Crippen LogP contribution in [-0.2, 0) is 22.3 Å². The van der Waals surface area contributed by atoms with Gasteiger partial charge in [0.1, 0.15) is 11.4 Å². The predicted octanol–water partition coefficient (Wildman–Crippen LogP) is 2.64. The molecule has 1 aromatic heterocycles. The second-order valence-corrected chi connectivity index (χ2v) is 4.61. The van der Waals surface area contributed by atoms with Crippen LogP contribution in [0.15, 0.2) is 0 Å². The standard InChI is InChI=1S/C14H20N2O4/c1-3-19-13(17)11-9-7-5-6-8-10(9)15-12(11)16-14(18)20-4-2/h15H,3-8H2,1-2H3,(H,16,18). The first kappa shape index (κ1) is 14.4. The summed E-state index contributed by atoms with van der Waals surface area (Å²) in [6.07, 6.45) is 3.25. The second-order valence-electron chi connectivity index (χ2n) is 4.61. The average Bonchev–Trinajstić information content (AvgIpc) is 2.76. The number of rotatable bonds is 4. The van der Waals surface area contributed by atoms with Crippen LogP contribution in [0.2, 0.25) is 0 Å². The van der Waals surface area contributed by atoms with Crippen molar-refractivity contribution in [3.8, 4) is 0 Å². The maximum atomic E-state index is 12.1. The maximum absolute atomic E-state index is 12.1. The maximum Gasteiger partial charge on any atom is 0.412 e. The molecule has 0 spiro atoms. The smallest absolute Gasteiger partial charge is 0.412 e. The van der Waals surface area contributed by atoms with Gasteiger partial charge in [-0.25, -0.2) is 9.59 Å². The van der Waals surface area contributed by atoms with Crippen molar-refractivity contribution < 1.29 is 19.1 Å². The molecule has 0 bridgehead atoms. The Balaban J connectivity index is 2.31. The molecule has 0 saturated heterocycles. The molecule has 0 aliphatic heterocycles. The van der Waals surface area contributed by atoms with Gasteiger partial charge in [0.15, 0.2) is 0 Å². The van der Waals surface area contributed by atoms with Gasteiger partial charge >= 0.3 is 12.1 Å². The number of ether oxygens (including phenoxy) is 2. The van der Waals surface area contributed by atoms with E-state index in [-0.39, 0.29) is 6.61 Å². The fourth-order valence-electron chi connectivity index (χ4n) is 2.47. The van der Waals surface area contributed by atoms with Crippen LogP contribution in [0.4, 0.5) is 10.6 Å². The number of carbonyl (C=O) groups is 2. The quantitative estimate of drug-likeness (QED) is 0.831. The van der Waals surface area contributed by atoms with Crippen LogP contribution in [0.25, 0.3) is 0 Å². The lowest BCUT2D eigenvalue weighted by atomic mass is 9.95. The van der Waals surface area contributed by atoms with E-state index in [1.807, 2.05) is 0 Å². The molecule has 2 N–H and O–H groups in total. The Morgan fingerprint density at radius 3 is 2.55 bits per heavy atom. The Labute approximate surface area is 117 Å². The van der Waals surface area contributed by atoms with E-state index in [0.717, 1.165) is 36.9 Å². The zero-order valence-electron chi connectivity index (χ0n) is 11.9. The minimum Gasteiger partial charge on any atom is -0.462 e. The topological polar surface area (TPSA) is 80.4 Å². The van der Waals surface area contributed by atoms with Crippen LogP contribution >= 0.6 is 0 Å². The highest BCUT2D eigenvalue weighted by Gasteiger charge is 2.26. The Hall–Kier alpha value is -1.98. The number of aromatic nitrogens is 1. The number of carbonyl (C=O) groups excluding carboxylic acids is 2. The normalized spacial score (nSPS) is 13.5. The number of nitrogens with one attached hydrogen (secondary N) is 2. The van der Waals surface area contributed by atoms with E-state index in [1.54, 1.807) is 13.8 Å². The van der Waals surface area contributed by atoms with E-state index in [1.165, 1.54) is 0 Å². The zero-order valence-corrected chi connectivity index (χ0v) is 11.9. The SMILES string of the molecule is CCOC(=O)Nc1[nH]c2c(c1C(=O)OCC)CCCC2. The fourth-order valence-corrected chi connectivity index (χ4v) is 2.47. The Bertz CT molecular complexity index is 508. The number of fused-ring (bicyclic) bond motifs is 1. The van der Waals surface area contributed by atoms with Crippen LogP contribution < -0.4 is 5.32 Å². The van der Waals surface area contributed by atoms with E-state index in [2.05, 4.69) is 10.3 Å². The summed E-state index contributed by atoms with van der Waals surface area (Å²) in [5.41, 5.74) is 2.40. The Morgan fingerprint density at radius 2 is 1.85 bits per heavy atom. The monoisotopic (exact) mass is 280 g/mol. The van der Waals surface area contributed by atoms with Gasteiger partial charge in [-0.15, -0.1) is 0 Å². The molecule has 1 heterocycles. The molecule has 1 aliphatic carbocycles. The Kier molecular flexibility index (Phi) is 4.65. The Morgan fingerprint density at radius 1 is 1.15 bits per heavy atom. The zero-order chi connectivity index (χ0) is 14.5. The van der Waals surface area contributed by atoms with Gasteiger partial charge in [0.2, 0.25) is 0 Å². The number of esters is 1. The first-order valence-corrected chi connectivity index (χ1v) is 7.02.